The van der Waals surface area contributed by atoms with Gasteiger partial charge in [0.15, 0.2) is 17.1 Å². The number of nitrogens with two attached hydrogens (primary N) is 1. The number of carbonyl (C=O) groups excluding carboxylic acids is 2. The first kappa shape index (κ1) is 18.7. The van der Waals surface area contributed by atoms with Gasteiger partial charge >= 0.3 is 0 Å². The number of amides is 2. The maximum absolute atomic E-state index is 13.0. The van der Waals surface area contributed by atoms with Gasteiger partial charge in [-0.1, -0.05) is 23.7 Å². The minimum atomic E-state index is -0.732. The third kappa shape index (κ3) is 3.57. The lowest BCUT2D eigenvalue weighted by molar-refractivity contribution is 0.0779. The molecule has 3 aromatic heterocycles. The summed E-state index contributed by atoms with van der Waals surface area (Å²) in [6, 6.07) is 12.3. The molecule has 1 aromatic carbocycles. The summed E-state index contributed by atoms with van der Waals surface area (Å²) in [5.74, 6) is -0.559. The zero-order valence-electron chi connectivity index (χ0n) is 15.4. The standard InChI is InChI=1S/C20H16ClN5O3/c1-25(10-12-4-6-13(21)7-5-12)20(28)14-9-15(16-3-2-8-29-16)26-11-23-17(18(22)27)19(26)24-14/h2-9,11H,10H2,1H3,(H2,22,27). The molecule has 0 spiro atoms. The van der Waals surface area contributed by atoms with E-state index in [9.17, 15) is 9.59 Å². The van der Waals surface area contributed by atoms with Crippen molar-refractivity contribution in [2.45, 2.75) is 6.54 Å². The van der Waals surface area contributed by atoms with Crippen LogP contribution >= 0.6 is 11.6 Å². The zero-order chi connectivity index (χ0) is 20.5. The van der Waals surface area contributed by atoms with Gasteiger partial charge in [0.05, 0.1) is 12.0 Å². The van der Waals surface area contributed by atoms with Crippen molar-refractivity contribution in [1.29, 1.82) is 0 Å². The molecule has 8 nitrogen and oxygen atoms in total. The van der Waals surface area contributed by atoms with E-state index in [2.05, 4.69) is 9.97 Å². The quantitative estimate of drug-likeness (QED) is 0.545. The fraction of sp³-hybridized carbons (Fsp3) is 0.100. The van der Waals surface area contributed by atoms with Crippen molar-refractivity contribution in [1.82, 2.24) is 19.3 Å². The second-order valence-corrected chi connectivity index (χ2v) is 6.88. The van der Waals surface area contributed by atoms with Gasteiger partial charge in [0.1, 0.15) is 12.0 Å². The van der Waals surface area contributed by atoms with Gasteiger partial charge in [0.2, 0.25) is 0 Å². The Bertz CT molecular complexity index is 1200. The Hall–Kier alpha value is -3.65. The number of primary amides is 1. The third-order valence-electron chi connectivity index (χ3n) is 4.41. The highest BCUT2D eigenvalue weighted by molar-refractivity contribution is 6.30. The number of rotatable bonds is 5. The molecule has 0 unspecified atom stereocenters. The Kier molecular flexibility index (Phi) is 4.77. The number of imidazole rings is 1. The Balaban J connectivity index is 1.76. The topological polar surface area (TPSA) is 107 Å². The lowest BCUT2D eigenvalue weighted by Gasteiger charge is -2.17. The van der Waals surface area contributed by atoms with E-state index in [0.717, 1.165) is 5.56 Å². The lowest BCUT2D eigenvalue weighted by Crippen LogP contribution is -2.27. The van der Waals surface area contributed by atoms with Gasteiger partial charge in [-0.3, -0.25) is 14.0 Å². The minimum absolute atomic E-state index is 0.0205. The average Bonchev–Trinajstić information content (AvgIpc) is 3.38. The number of fused-ring (bicyclic) bond motifs is 1. The fourth-order valence-electron chi connectivity index (χ4n) is 3.00. The average molecular weight is 410 g/mol. The smallest absolute Gasteiger partial charge is 0.272 e. The fourth-order valence-corrected chi connectivity index (χ4v) is 3.13. The first-order chi connectivity index (χ1) is 13.9. The molecule has 2 amide bonds. The van der Waals surface area contributed by atoms with E-state index in [1.807, 2.05) is 12.1 Å². The summed E-state index contributed by atoms with van der Waals surface area (Å²) in [5, 5.41) is 0.623. The SMILES string of the molecule is CN(Cc1ccc(Cl)cc1)C(=O)c1cc(-c2ccco2)n2cnc(C(N)=O)c2n1. The van der Waals surface area contributed by atoms with Gasteiger partial charge in [-0.2, -0.15) is 0 Å². The summed E-state index contributed by atoms with van der Waals surface area (Å²) in [5.41, 5.74) is 7.17. The zero-order valence-corrected chi connectivity index (χ0v) is 16.1. The first-order valence-electron chi connectivity index (χ1n) is 8.65. The summed E-state index contributed by atoms with van der Waals surface area (Å²) >= 11 is 5.91. The van der Waals surface area contributed by atoms with Crippen LogP contribution in [0.3, 0.4) is 0 Å². The van der Waals surface area contributed by atoms with E-state index in [4.69, 9.17) is 21.8 Å². The molecule has 0 aliphatic carbocycles. The maximum atomic E-state index is 13.0. The number of hydrogen-bond donors (Lipinski definition) is 1. The molecule has 0 aliphatic rings. The largest absolute Gasteiger partial charge is 0.463 e. The number of furan rings is 1. The van der Waals surface area contributed by atoms with Crippen LogP contribution in [0.4, 0.5) is 0 Å². The van der Waals surface area contributed by atoms with Crippen molar-refractivity contribution in [2.24, 2.45) is 5.73 Å². The molecule has 0 atom stereocenters. The molecule has 3 heterocycles. The Morgan fingerprint density at radius 2 is 2.00 bits per heavy atom. The first-order valence-corrected chi connectivity index (χ1v) is 9.03. The Labute approximate surface area is 170 Å². The predicted octanol–water partition coefficient (Wildman–Crippen LogP) is 3.01. The van der Waals surface area contributed by atoms with Crippen molar-refractivity contribution < 1.29 is 14.0 Å². The van der Waals surface area contributed by atoms with E-state index in [-0.39, 0.29) is 22.9 Å². The van der Waals surface area contributed by atoms with Gasteiger partial charge in [-0.15, -0.1) is 0 Å². The van der Waals surface area contributed by atoms with Crippen LogP contribution in [-0.4, -0.2) is 38.1 Å². The highest BCUT2D eigenvalue weighted by Gasteiger charge is 2.21. The molecule has 0 saturated heterocycles. The molecule has 4 rings (SSSR count). The molecule has 0 aliphatic heterocycles. The number of hydrogen-bond acceptors (Lipinski definition) is 5. The number of nitrogens with zero attached hydrogens (tertiary/aromatic N) is 4. The van der Waals surface area contributed by atoms with Gasteiger partial charge in [0, 0.05) is 18.6 Å². The van der Waals surface area contributed by atoms with E-state index < -0.39 is 5.91 Å². The van der Waals surface area contributed by atoms with E-state index in [1.54, 1.807) is 41.8 Å². The molecule has 0 saturated carbocycles. The maximum Gasteiger partial charge on any atom is 0.272 e. The van der Waals surface area contributed by atoms with Crippen LogP contribution in [0, 0.1) is 0 Å². The molecule has 9 heteroatoms. The van der Waals surface area contributed by atoms with E-state index in [1.165, 1.54) is 17.5 Å². The molecule has 29 heavy (non-hydrogen) atoms. The normalized spacial score (nSPS) is 11.0. The van der Waals surface area contributed by atoms with E-state index in [0.29, 0.717) is 23.0 Å². The molecular formula is C20H16ClN5O3. The lowest BCUT2D eigenvalue weighted by atomic mass is 10.2. The molecule has 0 fully saturated rings. The summed E-state index contributed by atoms with van der Waals surface area (Å²) in [6.45, 7) is 0.362. The second kappa shape index (κ2) is 7.40. The molecule has 0 radical (unpaired) electrons. The van der Waals surface area contributed by atoms with Crippen LogP contribution in [0.2, 0.25) is 5.02 Å². The second-order valence-electron chi connectivity index (χ2n) is 6.44. The molecule has 2 N–H and O–H groups in total. The molecular weight excluding hydrogens is 394 g/mol. The van der Waals surface area contributed by atoms with E-state index >= 15 is 0 Å². The number of benzene rings is 1. The van der Waals surface area contributed by atoms with Gasteiger partial charge in [-0.25, -0.2) is 9.97 Å². The van der Waals surface area contributed by atoms with Gasteiger partial charge in [0.25, 0.3) is 11.8 Å². The van der Waals surface area contributed by atoms with Crippen LogP contribution in [0.5, 0.6) is 0 Å². The van der Waals surface area contributed by atoms with Crippen LogP contribution < -0.4 is 5.73 Å². The molecule has 4 aromatic rings. The Morgan fingerprint density at radius 3 is 2.66 bits per heavy atom. The number of carbonyl (C=O) groups is 2. The predicted molar refractivity (Wildman–Crippen MR) is 106 cm³/mol. The summed E-state index contributed by atoms with van der Waals surface area (Å²) < 4.78 is 7.03. The third-order valence-corrected chi connectivity index (χ3v) is 4.66. The summed E-state index contributed by atoms with van der Waals surface area (Å²) in [6.07, 6.45) is 2.94. The van der Waals surface area contributed by atoms with Crippen LogP contribution in [0.15, 0.2) is 59.5 Å². The molecule has 146 valence electrons. The number of aromatic nitrogens is 3. The van der Waals surface area contributed by atoms with Gasteiger partial charge in [-0.05, 0) is 35.9 Å². The summed E-state index contributed by atoms with van der Waals surface area (Å²) in [7, 11) is 1.67. The van der Waals surface area contributed by atoms with Crippen LogP contribution in [0.25, 0.3) is 17.1 Å². The van der Waals surface area contributed by atoms with Crippen molar-refractivity contribution in [2.75, 3.05) is 7.05 Å². The molecule has 0 bridgehead atoms. The van der Waals surface area contributed by atoms with Gasteiger partial charge < -0.3 is 15.1 Å². The Morgan fingerprint density at radius 1 is 1.24 bits per heavy atom. The van der Waals surface area contributed by atoms with Crippen LogP contribution in [-0.2, 0) is 6.54 Å². The van der Waals surface area contributed by atoms with Crippen molar-refractivity contribution >= 4 is 29.1 Å². The summed E-state index contributed by atoms with van der Waals surface area (Å²) in [4.78, 5) is 34.7. The van der Waals surface area contributed by atoms with Crippen LogP contribution in [0.1, 0.15) is 26.5 Å². The van der Waals surface area contributed by atoms with Crippen molar-refractivity contribution in [3.8, 4) is 11.5 Å². The highest BCUT2D eigenvalue weighted by atomic mass is 35.5. The number of halogens is 1. The highest BCUT2D eigenvalue weighted by Crippen LogP contribution is 2.24. The monoisotopic (exact) mass is 409 g/mol. The van der Waals surface area contributed by atoms with Crippen molar-refractivity contribution in [3.63, 3.8) is 0 Å². The van der Waals surface area contributed by atoms with Crippen molar-refractivity contribution in [3.05, 3.63) is 77.0 Å². The minimum Gasteiger partial charge on any atom is -0.463 e.